The van der Waals surface area contributed by atoms with Crippen LogP contribution in [-0.2, 0) is 22.9 Å². The lowest BCUT2D eigenvalue weighted by Gasteiger charge is -2.05. The molecule has 3 aromatic rings. The van der Waals surface area contributed by atoms with E-state index in [2.05, 4.69) is 32.0 Å². The highest BCUT2D eigenvalue weighted by Gasteiger charge is 2.21. The third-order valence-corrected chi connectivity index (χ3v) is 6.56. The van der Waals surface area contributed by atoms with Gasteiger partial charge in [0.15, 0.2) is 0 Å². The van der Waals surface area contributed by atoms with Crippen molar-refractivity contribution in [2.45, 2.75) is 31.6 Å². The fourth-order valence-corrected chi connectivity index (χ4v) is 5.00. The minimum Gasteiger partial charge on any atom is -0.281 e. The lowest BCUT2D eigenvalue weighted by atomic mass is 10.1. The van der Waals surface area contributed by atoms with Gasteiger partial charge in [-0.05, 0) is 19.4 Å². The van der Waals surface area contributed by atoms with E-state index >= 15 is 0 Å². The van der Waals surface area contributed by atoms with E-state index in [1.165, 1.54) is 10.4 Å². The van der Waals surface area contributed by atoms with Gasteiger partial charge in [-0.3, -0.25) is 5.10 Å². The van der Waals surface area contributed by atoms with Gasteiger partial charge >= 0.3 is 0 Å². The number of thiazole rings is 1. The molecule has 2 heterocycles. The Hall–Kier alpha value is -2.03. The van der Waals surface area contributed by atoms with E-state index in [0.29, 0.717) is 24.4 Å². The molecule has 0 atom stereocenters. The zero-order valence-corrected chi connectivity index (χ0v) is 15.7. The van der Waals surface area contributed by atoms with Crippen molar-refractivity contribution < 1.29 is 8.42 Å². The van der Waals surface area contributed by atoms with Crippen LogP contribution in [0.5, 0.6) is 0 Å². The molecule has 25 heavy (non-hydrogen) atoms. The summed E-state index contributed by atoms with van der Waals surface area (Å²) in [4.78, 5) is 5.80. The molecule has 0 bridgehead atoms. The van der Waals surface area contributed by atoms with Crippen LogP contribution in [-0.4, -0.2) is 30.1 Å². The first-order valence-electron chi connectivity index (χ1n) is 7.94. The third-order valence-electron chi connectivity index (χ3n) is 3.78. The lowest BCUT2D eigenvalue weighted by molar-refractivity contribution is 0.580. The molecule has 3 rings (SSSR count). The highest BCUT2D eigenvalue weighted by atomic mass is 32.2. The van der Waals surface area contributed by atoms with Gasteiger partial charge in [-0.2, -0.15) is 5.10 Å². The second kappa shape index (κ2) is 7.47. The van der Waals surface area contributed by atoms with Gasteiger partial charge < -0.3 is 0 Å². The number of benzene rings is 1. The number of sulfonamides is 1. The van der Waals surface area contributed by atoms with Crippen molar-refractivity contribution >= 4 is 21.4 Å². The summed E-state index contributed by atoms with van der Waals surface area (Å²) >= 11 is 1.62. The van der Waals surface area contributed by atoms with E-state index in [4.69, 9.17) is 0 Å². The molecule has 0 saturated carbocycles. The van der Waals surface area contributed by atoms with Crippen molar-refractivity contribution in [1.82, 2.24) is 19.9 Å². The summed E-state index contributed by atoms with van der Waals surface area (Å²) in [5, 5.41) is 7.56. The number of hydrogen-bond donors (Lipinski definition) is 2. The van der Waals surface area contributed by atoms with Crippen LogP contribution >= 0.6 is 11.3 Å². The van der Waals surface area contributed by atoms with Gasteiger partial charge in [-0.25, -0.2) is 18.1 Å². The quantitative estimate of drug-likeness (QED) is 0.663. The van der Waals surface area contributed by atoms with Gasteiger partial charge in [-0.1, -0.05) is 30.3 Å². The Morgan fingerprint density at radius 2 is 1.96 bits per heavy atom. The Morgan fingerprint density at radius 1 is 1.20 bits per heavy atom. The second-order valence-corrected chi connectivity index (χ2v) is 8.70. The van der Waals surface area contributed by atoms with Gasteiger partial charge in [0.2, 0.25) is 10.0 Å². The molecule has 2 aromatic heterocycles. The number of aryl methyl sites for hydroxylation is 2. The maximum atomic E-state index is 12.4. The molecule has 8 heteroatoms. The van der Waals surface area contributed by atoms with E-state index in [1.54, 1.807) is 25.2 Å². The number of hydrogen-bond acceptors (Lipinski definition) is 5. The molecule has 0 unspecified atom stereocenters. The molecule has 0 radical (unpaired) electrons. The van der Waals surface area contributed by atoms with Gasteiger partial charge in [0.05, 0.1) is 16.4 Å². The molecule has 0 aliphatic rings. The Bertz CT molecular complexity index is 927. The van der Waals surface area contributed by atoms with E-state index in [9.17, 15) is 8.42 Å². The van der Waals surface area contributed by atoms with E-state index in [0.717, 1.165) is 11.4 Å². The molecular formula is C17H20N4O2S2. The predicted molar refractivity (Wildman–Crippen MR) is 98.3 cm³/mol. The average Bonchev–Trinajstić information content (AvgIpc) is 3.15. The van der Waals surface area contributed by atoms with Gasteiger partial charge in [0.25, 0.3) is 0 Å². The second-order valence-electron chi connectivity index (χ2n) is 5.79. The molecule has 0 spiro atoms. The normalized spacial score (nSPS) is 11.8. The first kappa shape index (κ1) is 17.8. The predicted octanol–water partition coefficient (Wildman–Crippen LogP) is 2.59. The minimum atomic E-state index is -3.56. The molecular weight excluding hydrogens is 356 g/mol. The molecule has 0 saturated heterocycles. The van der Waals surface area contributed by atoms with Crippen molar-refractivity contribution in [3.05, 3.63) is 63.4 Å². The van der Waals surface area contributed by atoms with Gasteiger partial charge in [0.1, 0.15) is 4.90 Å². The van der Waals surface area contributed by atoms with E-state index in [1.807, 2.05) is 24.4 Å². The van der Waals surface area contributed by atoms with Crippen molar-refractivity contribution in [3.8, 4) is 0 Å². The van der Waals surface area contributed by atoms with Crippen LogP contribution in [0.15, 0.2) is 41.4 Å². The Balaban J connectivity index is 1.58. The van der Waals surface area contributed by atoms with E-state index < -0.39 is 10.0 Å². The zero-order chi connectivity index (χ0) is 17.9. The zero-order valence-electron chi connectivity index (χ0n) is 14.1. The molecule has 0 aliphatic heterocycles. The number of aromatic nitrogens is 3. The monoisotopic (exact) mass is 376 g/mol. The highest BCUT2D eigenvalue weighted by Crippen LogP contribution is 2.19. The highest BCUT2D eigenvalue weighted by molar-refractivity contribution is 7.89. The number of nitrogens with zero attached hydrogens (tertiary/aromatic N) is 2. The van der Waals surface area contributed by atoms with Gasteiger partial charge in [0, 0.05) is 30.5 Å². The standard InChI is InChI=1S/C17H20N4O2S2/c1-12-17(13(2)21-20-12)25(22,23)19-9-8-16-18-11-15(24-16)10-14-6-4-3-5-7-14/h3-7,11,19H,8-10H2,1-2H3,(H,20,21). The molecule has 6 nitrogen and oxygen atoms in total. The van der Waals surface area contributed by atoms with Crippen LogP contribution < -0.4 is 4.72 Å². The average molecular weight is 377 g/mol. The van der Waals surface area contributed by atoms with Crippen molar-refractivity contribution in [2.24, 2.45) is 0 Å². The Kier molecular flexibility index (Phi) is 5.31. The number of rotatable bonds is 7. The number of H-pyrrole nitrogens is 1. The smallest absolute Gasteiger partial charge is 0.244 e. The fourth-order valence-electron chi connectivity index (χ4n) is 2.64. The van der Waals surface area contributed by atoms with Crippen molar-refractivity contribution in [2.75, 3.05) is 6.54 Å². The van der Waals surface area contributed by atoms with Crippen LogP contribution in [0.3, 0.4) is 0 Å². The van der Waals surface area contributed by atoms with E-state index in [-0.39, 0.29) is 4.90 Å². The third kappa shape index (κ3) is 4.33. The van der Waals surface area contributed by atoms with Crippen LogP contribution in [0.2, 0.25) is 0 Å². The summed E-state index contributed by atoms with van der Waals surface area (Å²) in [6, 6.07) is 10.2. The summed E-state index contributed by atoms with van der Waals surface area (Å²) in [6.45, 7) is 3.69. The summed E-state index contributed by atoms with van der Waals surface area (Å²) in [6.07, 6.45) is 3.28. The maximum absolute atomic E-state index is 12.4. The summed E-state index contributed by atoms with van der Waals surface area (Å²) in [5.41, 5.74) is 2.26. The molecule has 2 N–H and O–H groups in total. The number of aromatic amines is 1. The molecule has 0 amide bonds. The molecule has 132 valence electrons. The largest absolute Gasteiger partial charge is 0.281 e. The van der Waals surface area contributed by atoms with Crippen molar-refractivity contribution in [3.63, 3.8) is 0 Å². The minimum absolute atomic E-state index is 0.233. The van der Waals surface area contributed by atoms with Crippen LogP contribution in [0, 0.1) is 13.8 Å². The Labute approximate surface area is 151 Å². The summed E-state index contributed by atoms with van der Waals surface area (Å²) < 4.78 is 27.4. The molecule has 0 fully saturated rings. The van der Waals surface area contributed by atoms with Crippen LogP contribution in [0.25, 0.3) is 0 Å². The summed E-state index contributed by atoms with van der Waals surface area (Å²) in [5.74, 6) is 0. The maximum Gasteiger partial charge on any atom is 0.244 e. The van der Waals surface area contributed by atoms with Crippen LogP contribution in [0.4, 0.5) is 0 Å². The molecule has 1 aromatic carbocycles. The Morgan fingerprint density at radius 3 is 2.64 bits per heavy atom. The lowest BCUT2D eigenvalue weighted by Crippen LogP contribution is -2.26. The van der Waals surface area contributed by atoms with Crippen LogP contribution in [0.1, 0.15) is 26.8 Å². The number of nitrogens with one attached hydrogen (secondary N) is 2. The first-order chi connectivity index (χ1) is 12.0. The first-order valence-corrected chi connectivity index (χ1v) is 10.2. The topological polar surface area (TPSA) is 87.7 Å². The van der Waals surface area contributed by atoms with Crippen molar-refractivity contribution in [1.29, 1.82) is 0 Å². The molecule has 0 aliphatic carbocycles. The fraction of sp³-hybridized carbons (Fsp3) is 0.294. The van der Waals surface area contributed by atoms with Gasteiger partial charge in [-0.15, -0.1) is 11.3 Å². The SMILES string of the molecule is Cc1n[nH]c(C)c1S(=O)(=O)NCCc1ncc(Cc2ccccc2)s1. The summed E-state index contributed by atoms with van der Waals surface area (Å²) in [7, 11) is -3.56.